The van der Waals surface area contributed by atoms with Crippen LogP contribution >= 0.6 is 15.9 Å². The average Bonchev–Trinajstić information content (AvgIpc) is 2.93. The second-order valence-electron chi connectivity index (χ2n) is 4.74. The van der Waals surface area contributed by atoms with E-state index in [0.29, 0.717) is 12.6 Å². The Morgan fingerprint density at radius 2 is 2.20 bits per heavy atom. The van der Waals surface area contributed by atoms with Crippen LogP contribution in [0.5, 0.6) is 5.75 Å². The van der Waals surface area contributed by atoms with Crippen molar-refractivity contribution in [1.82, 2.24) is 9.78 Å². The molecule has 1 aromatic carbocycles. The number of nitrogens with one attached hydrogen (secondary N) is 1. The van der Waals surface area contributed by atoms with Crippen molar-refractivity contribution < 1.29 is 4.74 Å². The van der Waals surface area contributed by atoms with Crippen molar-refractivity contribution in [2.24, 2.45) is 0 Å². The summed E-state index contributed by atoms with van der Waals surface area (Å²) in [6.07, 6.45) is 3.11. The molecule has 1 unspecified atom stereocenters. The molecule has 0 aliphatic heterocycles. The van der Waals surface area contributed by atoms with Gasteiger partial charge >= 0.3 is 0 Å². The van der Waals surface area contributed by atoms with Crippen molar-refractivity contribution >= 4 is 21.6 Å². The largest absolute Gasteiger partial charge is 0.495 e. The predicted octanol–water partition coefficient (Wildman–Crippen LogP) is 4.24. The van der Waals surface area contributed by atoms with Crippen molar-refractivity contribution in [3.8, 4) is 5.75 Å². The fourth-order valence-corrected chi connectivity index (χ4v) is 2.27. The van der Waals surface area contributed by atoms with Crippen LogP contribution in [0.15, 0.2) is 34.9 Å². The average molecular weight is 338 g/mol. The van der Waals surface area contributed by atoms with Crippen molar-refractivity contribution in [2.75, 3.05) is 12.4 Å². The lowest BCUT2D eigenvalue weighted by molar-refractivity contribution is 0.416. The quantitative estimate of drug-likeness (QED) is 0.856. The van der Waals surface area contributed by atoms with Crippen molar-refractivity contribution in [3.63, 3.8) is 0 Å². The van der Waals surface area contributed by atoms with Crippen LogP contribution in [0.25, 0.3) is 0 Å². The van der Waals surface area contributed by atoms with Crippen LogP contribution in [0.1, 0.15) is 32.0 Å². The Hall–Kier alpha value is -1.49. The minimum atomic E-state index is 0.434. The Balaban J connectivity index is 2.05. The summed E-state index contributed by atoms with van der Waals surface area (Å²) < 4.78 is 8.37. The van der Waals surface area contributed by atoms with Gasteiger partial charge in [0.1, 0.15) is 5.75 Å². The van der Waals surface area contributed by atoms with Gasteiger partial charge in [0.25, 0.3) is 0 Å². The molecule has 5 heteroatoms. The van der Waals surface area contributed by atoms with Crippen LogP contribution < -0.4 is 10.1 Å². The summed E-state index contributed by atoms with van der Waals surface area (Å²) in [6, 6.07) is 8.38. The summed E-state index contributed by atoms with van der Waals surface area (Å²) >= 11 is 3.47. The standard InChI is InChI=1S/C15H20BrN3O/c1-4-11(2)19-8-7-13(18-19)10-17-14-9-12(16)5-6-15(14)20-3/h5-9,11,17H,4,10H2,1-3H3. The molecule has 1 N–H and O–H groups in total. The first-order chi connectivity index (χ1) is 9.63. The van der Waals surface area contributed by atoms with Crippen LogP contribution in [-0.4, -0.2) is 16.9 Å². The monoisotopic (exact) mass is 337 g/mol. The van der Waals surface area contributed by atoms with Gasteiger partial charge in [0, 0.05) is 16.7 Å². The minimum Gasteiger partial charge on any atom is -0.495 e. The third-order valence-corrected chi connectivity index (χ3v) is 3.82. The first-order valence-corrected chi connectivity index (χ1v) is 7.54. The number of hydrogen-bond acceptors (Lipinski definition) is 3. The molecule has 0 fully saturated rings. The number of anilines is 1. The molecule has 1 aromatic heterocycles. The summed E-state index contributed by atoms with van der Waals surface area (Å²) in [5, 5.41) is 7.94. The van der Waals surface area contributed by atoms with Gasteiger partial charge in [0.15, 0.2) is 0 Å². The van der Waals surface area contributed by atoms with Crippen molar-refractivity contribution in [2.45, 2.75) is 32.9 Å². The molecule has 2 aromatic rings. The lowest BCUT2D eigenvalue weighted by atomic mass is 10.3. The SMILES string of the molecule is CCC(C)n1ccc(CNc2cc(Br)ccc2OC)n1. The van der Waals surface area contributed by atoms with Gasteiger partial charge in [-0.3, -0.25) is 4.68 Å². The van der Waals surface area contributed by atoms with E-state index < -0.39 is 0 Å². The maximum Gasteiger partial charge on any atom is 0.142 e. The highest BCUT2D eigenvalue weighted by Gasteiger charge is 2.07. The van der Waals surface area contributed by atoms with Crippen LogP contribution in [-0.2, 0) is 6.54 Å². The van der Waals surface area contributed by atoms with E-state index in [2.05, 4.69) is 40.2 Å². The maximum absolute atomic E-state index is 5.34. The number of nitrogens with zero attached hydrogens (tertiary/aromatic N) is 2. The zero-order chi connectivity index (χ0) is 14.5. The summed E-state index contributed by atoms with van der Waals surface area (Å²) in [6.45, 7) is 5.01. The van der Waals surface area contributed by atoms with Gasteiger partial charge in [-0.15, -0.1) is 0 Å². The Morgan fingerprint density at radius 1 is 1.40 bits per heavy atom. The fourth-order valence-electron chi connectivity index (χ4n) is 1.91. The van der Waals surface area contributed by atoms with Gasteiger partial charge in [0.2, 0.25) is 0 Å². The highest BCUT2D eigenvalue weighted by molar-refractivity contribution is 9.10. The summed E-state index contributed by atoms with van der Waals surface area (Å²) in [5.41, 5.74) is 1.98. The van der Waals surface area contributed by atoms with Gasteiger partial charge in [0.05, 0.1) is 25.0 Å². The number of hydrogen-bond donors (Lipinski definition) is 1. The molecular formula is C15H20BrN3O. The first-order valence-electron chi connectivity index (χ1n) is 6.75. The Labute approximate surface area is 128 Å². The van der Waals surface area contributed by atoms with Crippen molar-refractivity contribution in [1.29, 1.82) is 0 Å². The highest BCUT2D eigenvalue weighted by atomic mass is 79.9. The summed E-state index contributed by atoms with van der Waals surface area (Å²) in [7, 11) is 1.67. The first kappa shape index (κ1) is 14.9. The molecule has 0 saturated heterocycles. The molecular weight excluding hydrogens is 318 g/mol. The molecule has 108 valence electrons. The van der Waals surface area contributed by atoms with E-state index in [4.69, 9.17) is 4.74 Å². The normalized spacial score (nSPS) is 12.2. The van der Waals surface area contributed by atoms with Gasteiger partial charge in [-0.1, -0.05) is 22.9 Å². The number of aromatic nitrogens is 2. The lowest BCUT2D eigenvalue weighted by Crippen LogP contribution is -2.07. The zero-order valence-corrected chi connectivity index (χ0v) is 13.6. The Morgan fingerprint density at radius 3 is 2.90 bits per heavy atom. The highest BCUT2D eigenvalue weighted by Crippen LogP contribution is 2.28. The predicted molar refractivity (Wildman–Crippen MR) is 85.2 cm³/mol. The summed E-state index contributed by atoms with van der Waals surface area (Å²) in [4.78, 5) is 0. The molecule has 0 bridgehead atoms. The molecule has 0 amide bonds. The van der Waals surface area contributed by atoms with E-state index >= 15 is 0 Å². The van der Waals surface area contributed by atoms with Gasteiger partial charge < -0.3 is 10.1 Å². The van der Waals surface area contributed by atoms with Crippen LogP contribution in [0, 0.1) is 0 Å². The lowest BCUT2D eigenvalue weighted by Gasteiger charge is -2.11. The van der Waals surface area contributed by atoms with Crippen LogP contribution in [0.2, 0.25) is 0 Å². The molecule has 4 nitrogen and oxygen atoms in total. The number of ether oxygens (including phenoxy) is 1. The summed E-state index contributed by atoms with van der Waals surface area (Å²) in [5.74, 6) is 0.828. The number of benzene rings is 1. The molecule has 0 radical (unpaired) electrons. The number of methoxy groups -OCH3 is 1. The Kier molecular flexibility index (Phi) is 5.06. The van der Waals surface area contributed by atoms with Gasteiger partial charge in [-0.25, -0.2) is 0 Å². The number of halogens is 1. The van der Waals surface area contributed by atoms with Crippen LogP contribution in [0.3, 0.4) is 0 Å². The Bertz CT molecular complexity index is 568. The third-order valence-electron chi connectivity index (χ3n) is 3.33. The van der Waals surface area contributed by atoms with E-state index in [0.717, 1.165) is 28.0 Å². The van der Waals surface area contributed by atoms with E-state index in [1.807, 2.05) is 35.1 Å². The van der Waals surface area contributed by atoms with E-state index in [1.54, 1.807) is 7.11 Å². The molecule has 20 heavy (non-hydrogen) atoms. The third kappa shape index (κ3) is 3.54. The molecule has 0 saturated carbocycles. The molecule has 2 rings (SSSR count). The van der Waals surface area contributed by atoms with Crippen LogP contribution in [0.4, 0.5) is 5.69 Å². The molecule has 1 atom stereocenters. The molecule has 0 aliphatic carbocycles. The number of rotatable bonds is 6. The van der Waals surface area contributed by atoms with Crippen molar-refractivity contribution in [3.05, 3.63) is 40.6 Å². The van der Waals surface area contributed by atoms with E-state index in [1.165, 1.54) is 0 Å². The van der Waals surface area contributed by atoms with Gasteiger partial charge in [-0.2, -0.15) is 5.10 Å². The molecule has 0 aliphatic rings. The maximum atomic E-state index is 5.34. The topological polar surface area (TPSA) is 39.1 Å². The molecule has 0 spiro atoms. The van der Waals surface area contributed by atoms with Gasteiger partial charge in [-0.05, 0) is 37.6 Å². The minimum absolute atomic E-state index is 0.434. The van der Waals surface area contributed by atoms with E-state index in [-0.39, 0.29) is 0 Å². The smallest absolute Gasteiger partial charge is 0.142 e. The zero-order valence-electron chi connectivity index (χ0n) is 12.1. The fraction of sp³-hybridized carbons (Fsp3) is 0.400. The second-order valence-corrected chi connectivity index (χ2v) is 5.66. The molecule has 1 heterocycles. The van der Waals surface area contributed by atoms with E-state index in [9.17, 15) is 0 Å². The second kappa shape index (κ2) is 6.79.